The lowest BCUT2D eigenvalue weighted by Gasteiger charge is -2.54. The normalized spacial score (nSPS) is 37.6. The Morgan fingerprint density at radius 2 is 2.17 bits per heavy atom. The molecule has 1 aromatic rings. The number of fused-ring (bicyclic) bond motifs is 1. The van der Waals surface area contributed by atoms with Gasteiger partial charge in [-0.3, -0.25) is 0 Å². The van der Waals surface area contributed by atoms with Crippen LogP contribution in [0.4, 0.5) is 0 Å². The molecule has 0 radical (unpaired) electrons. The zero-order chi connectivity index (χ0) is 17.4. The highest BCUT2D eigenvalue weighted by atomic mass is 127. The van der Waals surface area contributed by atoms with Crippen molar-refractivity contribution in [3.8, 4) is 0 Å². The molecule has 0 amide bonds. The minimum absolute atomic E-state index is 0.0898. The minimum atomic E-state index is -0.436. The lowest BCUT2D eigenvalue weighted by Crippen LogP contribution is -2.44. The molecule has 2 nitrogen and oxygen atoms in total. The monoisotopic (exact) mass is 442 g/mol. The molecule has 3 rings (SSSR count). The SMILES string of the molecule is C[C@@H]1CC[C@H]2C(=CCC[C@]2(C)CCI)[C@@]1(C)C[C@@H](O)c1ccoc1. The number of aliphatic hydroxyl groups excluding tert-OH is 1. The average molecular weight is 442 g/mol. The highest BCUT2D eigenvalue weighted by molar-refractivity contribution is 14.1. The number of aliphatic hydroxyl groups is 1. The van der Waals surface area contributed by atoms with Crippen LogP contribution in [0.2, 0.25) is 0 Å². The molecule has 3 heteroatoms. The number of halogens is 1. The minimum Gasteiger partial charge on any atom is -0.472 e. The largest absolute Gasteiger partial charge is 0.472 e. The molecule has 2 aliphatic carbocycles. The molecule has 0 spiro atoms. The number of furan rings is 1. The highest BCUT2D eigenvalue weighted by Crippen LogP contribution is 2.59. The summed E-state index contributed by atoms with van der Waals surface area (Å²) in [5.41, 5.74) is 3.08. The fraction of sp³-hybridized carbons (Fsp3) is 0.714. The van der Waals surface area contributed by atoms with Crippen LogP contribution < -0.4 is 0 Å². The van der Waals surface area contributed by atoms with Gasteiger partial charge < -0.3 is 9.52 Å². The molecule has 0 saturated heterocycles. The molecule has 1 N–H and O–H groups in total. The molecule has 0 unspecified atom stereocenters. The molecular formula is C21H31IO2. The van der Waals surface area contributed by atoms with E-state index in [4.69, 9.17) is 4.42 Å². The maximum absolute atomic E-state index is 10.8. The number of alkyl halides is 1. The Hall–Kier alpha value is -0.290. The maximum atomic E-state index is 10.8. The van der Waals surface area contributed by atoms with Crippen molar-refractivity contribution in [2.24, 2.45) is 22.7 Å². The molecule has 134 valence electrons. The van der Waals surface area contributed by atoms with Crippen LogP contribution in [0.3, 0.4) is 0 Å². The summed E-state index contributed by atoms with van der Waals surface area (Å²) in [5.74, 6) is 1.31. The Labute approximate surface area is 160 Å². The molecular weight excluding hydrogens is 411 g/mol. The average Bonchev–Trinajstić information content (AvgIpc) is 3.06. The van der Waals surface area contributed by atoms with Gasteiger partial charge in [0.25, 0.3) is 0 Å². The predicted molar refractivity (Wildman–Crippen MR) is 107 cm³/mol. The van der Waals surface area contributed by atoms with Crippen molar-refractivity contribution >= 4 is 22.6 Å². The van der Waals surface area contributed by atoms with Gasteiger partial charge in [-0.1, -0.05) is 55.0 Å². The molecule has 1 heterocycles. The molecule has 0 bridgehead atoms. The summed E-state index contributed by atoms with van der Waals surface area (Å²) in [6.45, 7) is 7.28. The number of allylic oxidation sites excluding steroid dienone is 2. The van der Waals surface area contributed by atoms with E-state index < -0.39 is 6.10 Å². The Bertz CT molecular complexity index is 579. The van der Waals surface area contributed by atoms with Crippen molar-refractivity contribution < 1.29 is 9.52 Å². The Morgan fingerprint density at radius 3 is 2.83 bits per heavy atom. The van der Waals surface area contributed by atoms with Gasteiger partial charge in [0.1, 0.15) is 0 Å². The first-order chi connectivity index (χ1) is 11.4. The lowest BCUT2D eigenvalue weighted by atomic mass is 9.51. The van der Waals surface area contributed by atoms with Crippen molar-refractivity contribution in [1.82, 2.24) is 0 Å². The summed E-state index contributed by atoms with van der Waals surface area (Å²) >= 11 is 2.53. The van der Waals surface area contributed by atoms with Crippen LogP contribution in [0.15, 0.2) is 34.7 Å². The van der Waals surface area contributed by atoms with Gasteiger partial charge in [0.15, 0.2) is 0 Å². The van der Waals surface area contributed by atoms with Crippen molar-refractivity contribution in [3.05, 3.63) is 35.8 Å². The first-order valence-electron chi connectivity index (χ1n) is 9.37. The predicted octanol–water partition coefficient (Wildman–Crippen LogP) is 6.31. The van der Waals surface area contributed by atoms with Gasteiger partial charge in [-0.2, -0.15) is 0 Å². The Balaban J connectivity index is 1.89. The quantitative estimate of drug-likeness (QED) is 0.330. The topological polar surface area (TPSA) is 33.4 Å². The van der Waals surface area contributed by atoms with Crippen LogP contribution in [-0.4, -0.2) is 9.53 Å². The van der Waals surface area contributed by atoms with Gasteiger partial charge in [-0.15, -0.1) is 0 Å². The molecule has 0 aromatic carbocycles. The van der Waals surface area contributed by atoms with Crippen LogP contribution in [0.5, 0.6) is 0 Å². The van der Waals surface area contributed by atoms with Crippen LogP contribution in [0.1, 0.15) is 71.0 Å². The zero-order valence-electron chi connectivity index (χ0n) is 15.2. The van der Waals surface area contributed by atoms with Crippen LogP contribution in [0, 0.1) is 22.7 Å². The third-order valence-corrected chi connectivity index (χ3v) is 7.68. The summed E-state index contributed by atoms with van der Waals surface area (Å²) in [4.78, 5) is 0. The van der Waals surface area contributed by atoms with Crippen LogP contribution in [0.25, 0.3) is 0 Å². The van der Waals surface area contributed by atoms with Crippen molar-refractivity contribution in [1.29, 1.82) is 0 Å². The van der Waals surface area contributed by atoms with Gasteiger partial charge in [0, 0.05) is 9.99 Å². The van der Waals surface area contributed by atoms with E-state index in [0.29, 0.717) is 17.3 Å². The second kappa shape index (κ2) is 7.14. The van der Waals surface area contributed by atoms with Crippen LogP contribution >= 0.6 is 22.6 Å². The molecule has 5 atom stereocenters. The van der Waals surface area contributed by atoms with E-state index in [1.54, 1.807) is 18.1 Å². The van der Waals surface area contributed by atoms with E-state index >= 15 is 0 Å². The fourth-order valence-electron chi connectivity index (χ4n) is 5.22. The molecule has 24 heavy (non-hydrogen) atoms. The summed E-state index contributed by atoms with van der Waals surface area (Å²) in [6, 6.07) is 1.90. The maximum Gasteiger partial charge on any atom is 0.0960 e. The number of hydrogen-bond donors (Lipinski definition) is 1. The van der Waals surface area contributed by atoms with E-state index in [0.717, 1.165) is 12.0 Å². The third kappa shape index (κ3) is 3.23. The standard InChI is InChI=1S/C21H31IO2/c1-15-6-7-17-18(5-4-9-20(17,2)10-11-22)21(15,3)13-19(23)16-8-12-24-14-16/h5,8,12,14-15,17,19,23H,4,6-7,9-11,13H2,1-3H3/t15-,17+,19-,20-,21+/m1/s1. The first-order valence-corrected chi connectivity index (χ1v) is 10.9. The Kier molecular flexibility index (Phi) is 5.51. The molecule has 1 aromatic heterocycles. The number of rotatable bonds is 5. The summed E-state index contributed by atoms with van der Waals surface area (Å²) in [7, 11) is 0. The van der Waals surface area contributed by atoms with Crippen molar-refractivity contribution in [2.45, 2.75) is 65.4 Å². The van der Waals surface area contributed by atoms with Gasteiger partial charge in [-0.25, -0.2) is 0 Å². The van der Waals surface area contributed by atoms with E-state index in [2.05, 4.69) is 49.4 Å². The van der Waals surface area contributed by atoms with Crippen molar-refractivity contribution in [3.63, 3.8) is 0 Å². The van der Waals surface area contributed by atoms with E-state index in [9.17, 15) is 5.11 Å². The van der Waals surface area contributed by atoms with E-state index in [-0.39, 0.29) is 5.41 Å². The van der Waals surface area contributed by atoms with Gasteiger partial charge in [-0.05, 0) is 67.3 Å². The summed E-state index contributed by atoms with van der Waals surface area (Å²) in [5, 5.41) is 10.8. The van der Waals surface area contributed by atoms with Crippen molar-refractivity contribution in [2.75, 3.05) is 4.43 Å². The highest BCUT2D eigenvalue weighted by Gasteiger charge is 2.49. The summed E-state index contributed by atoms with van der Waals surface area (Å²) in [6.07, 6.45) is 12.7. The molecule has 1 fully saturated rings. The Morgan fingerprint density at radius 1 is 1.38 bits per heavy atom. The molecule has 1 saturated carbocycles. The van der Waals surface area contributed by atoms with Gasteiger partial charge in [0.05, 0.1) is 18.6 Å². The number of hydrogen-bond acceptors (Lipinski definition) is 2. The zero-order valence-corrected chi connectivity index (χ0v) is 17.4. The first kappa shape index (κ1) is 18.5. The fourth-order valence-corrected chi connectivity index (χ4v) is 6.45. The lowest BCUT2D eigenvalue weighted by molar-refractivity contribution is 0.0321. The smallest absolute Gasteiger partial charge is 0.0960 e. The third-order valence-electron chi connectivity index (χ3n) is 7.14. The molecule has 2 aliphatic rings. The van der Waals surface area contributed by atoms with Crippen LogP contribution in [-0.2, 0) is 0 Å². The van der Waals surface area contributed by atoms with E-state index in [1.807, 2.05) is 6.07 Å². The van der Waals surface area contributed by atoms with Gasteiger partial charge >= 0.3 is 0 Å². The van der Waals surface area contributed by atoms with E-state index in [1.165, 1.54) is 36.5 Å². The second-order valence-corrected chi connectivity index (χ2v) is 9.59. The van der Waals surface area contributed by atoms with Gasteiger partial charge in [0.2, 0.25) is 0 Å². The summed E-state index contributed by atoms with van der Waals surface area (Å²) < 4.78 is 6.42. The second-order valence-electron chi connectivity index (χ2n) is 8.52. The molecule has 0 aliphatic heterocycles.